The number of hydrogen-bond acceptors (Lipinski definition) is 4. The molecule has 0 aromatic carbocycles. The maximum atomic E-state index is 12.7. The van der Waals surface area contributed by atoms with Gasteiger partial charge in [-0.3, -0.25) is 9.59 Å². The van der Waals surface area contributed by atoms with Crippen molar-refractivity contribution >= 4 is 23.1 Å². The van der Waals surface area contributed by atoms with E-state index >= 15 is 0 Å². The number of ether oxygens (including phenoxy) is 1. The molecule has 110 valence electrons. The van der Waals surface area contributed by atoms with Gasteiger partial charge in [0.05, 0.1) is 23.6 Å². The van der Waals surface area contributed by atoms with Gasteiger partial charge in [0, 0.05) is 12.7 Å². The van der Waals surface area contributed by atoms with E-state index in [4.69, 9.17) is 4.74 Å². The Morgan fingerprint density at radius 2 is 2.14 bits per heavy atom. The molecule has 5 heteroatoms. The average molecular weight is 303 g/mol. The van der Waals surface area contributed by atoms with Crippen molar-refractivity contribution in [2.24, 2.45) is 7.05 Å². The normalized spacial score (nSPS) is 13.5. The number of carbonyl (C=O) groups excluding carboxylic acids is 2. The molecular weight excluding hydrogens is 286 g/mol. The molecule has 2 aromatic rings. The molecule has 2 aromatic heterocycles. The number of aromatic nitrogens is 1. The summed E-state index contributed by atoms with van der Waals surface area (Å²) in [6.45, 7) is 2.17. The van der Waals surface area contributed by atoms with Crippen LogP contribution in [0.4, 0.5) is 0 Å². The first kappa shape index (κ1) is 14.1. The van der Waals surface area contributed by atoms with Crippen molar-refractivity contribution in [1.82, 2.24) is 4.57 Å². The second kappa shape index (κ2) is 5.48. The Morgan fingerprint density at radius 1 is 1.38 bits per heavy atom. The van der Waals surface area contributed by atoms with Gasteiger partial charge in [-0.2, -0.15) is 0 Å². The second-order valence-electron chi connectivity index (χ2n) is 5.15. The maximum absolute atomic E-state index is 12.7. The van der Waals surface area contributed by atoms with Crippen LogP contribution in [-0.2, 0) is 35.8 Å². The molecule has 0 bridgehead atoms. The molecule has 0 N–H and O–H groups in total. The number of esters is 1. The van der Waals surface area contributed by atoms with Crippen LogP contribution in [-0.4, -0.2) is 22.9 Å². The van der Waals surface area contributed by atoms with Gasteiger partial charge < -0.3 is 9.30 Å². The lowest BCUT2D eigenvalue weighted by atomic mass is 10.1. The summed E-state index contributed by atoms with van der Waals surface area (Å²) in [7, 11) is 1.85. The van der Waals surface area contributed by atoms with Gasteiger partial charge in [0.2, 0.25) is 5.78 Å². The van der Waals surface area contributed by atoms with Crippen molar-refractivity contribution < 1.29 is 14.3 Å². The minimum absolute atomic E-state index is 0.0742. The summed E-state index contributed by atoms with van der Waals surface area (Å²) in [6, 6.07) is 4.00. The first-order valence-electron chi connectivity index (χ1n) is 7.06. The standard InChI is InChI=1S/C16H17NO3S/c1-3-20-13(18)9-12-8-11-5-4-10-6-7-21-16(10)15(19)14(11)17(12)2/h6-8H,3-5,9H2,1-2H3. The topological polar surface area (TPSA) is 48.3 Å². The minimum Gasteiger partial charge on any atom is -0.466 e. The Labute approximate surface area is 127 Å². The first-order valence-corrected chi connectivity index (χ1v) is 7.94. The highest BCUT2D eigenvalue weighted by Crippen LogP contribution is 2.30. The van der Waals surface area contributed by atoms with E-state index in [2.05, 4.69) is 0 Å². The number of nitrogens with zero attached hydrogens (tertiary/aromatic N) is 1. The molecule has 0 fully saturated rings. The van der Waals surface area contributed by atoms with E-state index in [9.17, 15) is 9.59 Å². The Bertz CT molecular complexity index is 711. The van der Waals surface area contributed by atoms with Crippen LogP contribution in [0, 0.1) is 0 Å². The van der Waals surface area contributed by atoms with Crippen LogP contribution in [0.5, 0.6) is 0 Å². The fraction of sp³-hybridized carbons (Fsp3) is 0.375. The van der Waals surface area contributed by atoms with Crippen LogP contribution >= 0.6 is 11.3 Å². The first-order chi connectivity index (χ1) is 10.1. The van der Waals surface area contributed by atoms with Gasteiger partial charge in [-0.05, 0) is 48.4 Å². The summed E-state index contributed by atoms with van der Waals surface area (Å²) in [6.07, 6.45) is 1.92. The van der Waals surface area contributed by atoms with Crippen molar-refractivity contribution in [3.8, 4) is 0 Å². The number of hydrogen-bond donors (Lipinski definition) is 0. The number of thiophene rings is 1. The molecule has 4 nitrogen and oxygen atoms in total. The van der Waals surface area contributed by atoms with Crippen LogP contribution in [0.3, 0.4) is 0 Å². The van der Waals surface area contributed by atoms with Crippen molar-refractivity contribution in [1.29, 1.82) is 0 Å². The fourth-order valence-corrected chi connectivity index (χ4v) is 3.75. The van der Waals surface area contributed by atoms with Crippen LogP contribution in [0.25, 0.3) is 0 Å². The van der Waals surface area contributed by atoms with E-state index in [-0.39, 0.29) is 18.2 Å². The van der Waals surface area contributed by atoms with Gasteiger partial charge in [-0.1, -0.05) is 0 Å². The number of rotatable bonds is 3. The Kier molecular flexibility index (Phi) is 3.68. The Balaban J connectivity index is 1.98. The predicted molar refractivity (Wildman–Crippen MR) is 80.9 cm³/mol. The monoisotopic (exact) mass is 303 g/mol. The zero-order chi connectivity index (χ0) is 15.0. The van der Waals surface area contributed by atoms with E-state index in [1.807, 2.05) is 29.1 Å². The summed E-state index contributed by atoms with van der Waals surface area (Å²) in [5, 5.41) is 1.97. The van der Waals surface area contributed by atoms with E-state index in [1.54, 1.807) is 6.92 Å². The van der Waals surface area contributed by atoms with Gasteiger partial charge in [0.15, 0.2) is 0 Å². The van der Waals surface area contributed by atoms with Gasteiger partial charge in [-0.25, -0.2) is 0 Å². The molecule has 21 heavy (non-hydrogen) atoms. The van der Waals surface area contributed by atoms with Crippen molar-refractivity contribution in [3.05, 3.63) is 44.9 Å². The Hall–Kier alpha value is -1.88. The number of ketones is 1. The molecule has 2 heterocycles. The highest BCUT2D eigenvalue weighted by atomic mass is 32.1. The maximum Gasteiger partial charge on any atom is 0.311 e. The van der Waals surface area contributed by atoms with E-state index < -0.39 is 0 Å². The molecule has 0 atom stereocenters. The molecule has 3 rings (SSSR count). The molecule has 0 saturated carbocycles. The van der Waals surface area contributed by atoms with Crippen LogP contribution < -0.4 is 0 Å². The summed E-state index contributed by atoms with van der Waals surface area (Å²) in [4.78, 5) is 25.2. The molecule has 0 amide bonds. The smallest absolute Gasteiger partial charge is 0.311 e. The van der Waals surface area contributed by atoms with E-state index in [1.165, 1.54) is 11.3 Å². The average Bonchev–Trinajstić information content (AvgIpc) is 2.99. The molecule has 0 unspecified atom stereocenters. The lowest BCUT2D eigenvalue weighted by Crippen LogP contribution is -2.13. The lowest BCUT2D eigenvalue weighted by Gasteiger charge is -2.07. The molecule has 0 saturated heterocycles. The summed E-state index contributed by atoms with van der Waals surface area (Å²) < 4.78 is 6.84. The van der Waals surface area contributed by atoms with Crippen molar-refractivity contribution in [2.45, 2.75) is 26.2 Å². The molecule has 0 aliphatic heterocycles. The van der Waals surface area contributed by atoms with E-state index in [0.717, 1.165) is 40.2 Å². The number of fused-ring (bicyclic) bond motifs is 2. The fourth-order valence-electron chi connectivity index (χ4n) is 2.85. The van der Waals surface area contributed by atoms with Gasteiger partial charge in [0.1, 0.15) is 0 Å². The van der Waals surface area contributed by atoms with Crippen molar-refractivity contribution in [2.75, 3.05) is 6.61 Å². The molecule has 1 aliphatic rings. The number of aryl methyl sites for hydroxylation is 2. The van der Waals surface area contributed by atoms with E-state index in [0.29, 0.717) is 6.61 Å². The zero-order valence-corrected chi connectivity index (χ0v) is 13.0. The number of carbonyl (C=O) groups is 2. The third-order valence-corrected chi connectivity index (χ3v) is 4.83. The summed E-state index contributed by atoms with van der Waals surface area (Å²) in [5.41, 5.74) is 3.72. The van der Waals surface area contributed by atoms with Gasteiger partial charge in [0.25, 0.3) is 0 Å². The molecule has 0 spiro atoms. The quantitative estimate of drug-likeness (QED) is 0.819. The van der Waals surface area contributed by atoms with Crippen LogP contribution in [0.2, 0.25) is 0 Å². The largest absolute Gasteiger partial charge is 0.466 e. The summed E-state index contributed by atoms with van der Waals surface area (Å²) >= 11 is 1.50. The highest BCUT2D eigenvalue weighted by Gasteiger charge is 2.27. The predicted octanol–water partition coefficient (Wildman–Crippen LogP) is 2.52. The Morgan fingerprint density at radius 3 is 2.90 bits per heavy atom. The van der Waals surface area contributed by atoms with Crippen molar-refractivity contribution in [3.63, 3.8) is 0 Å². The van der Waals surface area contributed by atoms with Gasteiger partial charge >= 0.3 is 5.97 Å². The molecule has 1 aliphatic carbocycles. The third-order valence-electron chi connectivity index (χ3n) is 3.87. The van der Waals surface area contributed by atoms with Crippen LogP contribution in [0.15, 0.2) is 17.5 Å². The third kappa shape index (κ3) is 2.42. The highest BCUT2D eigenvalue weighted by molar-refractivity contribution is 7.12. The zero-order valence-electron chi connectivity index (χ0n) is 12.1. The second-order valence-corrected chi connectivity index (χ2v) is 6.07. The summed E-state index contributed by atoms with van der Waals surface area (Å²) in [5.74, 6) is -0.178. The SMILES string of the molecule is CCOC(=O)Cc1cc2c(n1C)C(=O)c1sccc1CC2. The lowest BCUT2D eigenvalue weighted by molar-refractivity contribution is -0.142. The minimum atomic E-state index is -0.252. The van der Waals surface area contributed by atoms with Crippen LogP contribution in [0.1, 0.15) is 39.1 Å². The molecule has 0 radical (unpaired) electrons. The molecular formula is C16H17NO3S. The van der Waals surface area contributed by atoms with Gasteiger partial charge in [-0.15, -0.1) is 11.3 Å².